The van der Waals surface area contributed by atoms with Crippen LogP contribution in [0.3, 0.4) is 0 Å². The molecule has 1 saturated carbocycles. The third-order valence-corrected chi connectivity index (χ3v) is 6.74. The van der Waals surface area contributed by atoms with Gasteiger partial charge in [0, 0.05) is 38.8 Å². The van der Waals surface area contributed by atoms with Gasteiger partial charge in [0.05, 0.1) is 24.9 Å². The summed E-state index contributed by atoms with van der Waals surface area (Å²) in [5.41, 5.74) is 1.13. The van der Waals surface area contributed by atoms with Crippen molar-refractivity contribution in [3.05, 3.63) is 53.9 Å². The maximum atomic E-state index is 13.4. The van der Waals surface area contributed by atoms with Gasteiger partial charge in [-0.1, -0.05) is 37.5 Å². The normalized spacial score (nSPS) is 17.8. The minimum Gasteiger partial charge on any atom is -0.711 e. The molecular formula is C25H34N4O3. The summed E-state index contributed by atoms with van der Waals surface area (Å²) in [4.78, 5) is 19.8. The third-order valence-electron chi connectivity index (χ3n) is 6.74. The summed E-state index contributed by atoms with van der Waals surface area (Å²) in [5, 5.41) is 12.4. The van der Waals surface area contributed by atoms with Gasteiger partial charge in [0.1, 0.15) is 12.3 Å². The predicted molar refractivity (Wildman–Crippen MR) is 126 cm³/mol. The first-order valence-corrected chi connectivity index (χ1v) is 11.8. The number of para-hydroxylation sites is 2. The Hall–Kier alpha value is -2.80. The van der Waals surface area contributed by atoms with Crippen LogP contribution in [0.4, 0.5) is 11.5 Å². The molecule has 1 amide bonds. The van der Waals surface area contributed by atoms with E-state index in [1.165, 1.54) is 12.6 Å². The standard InChI is InChI=1S/C25H34N4O3/c1-32-23-12-6-5-11-22(23)27-18-15-26(16-19-27)17-20-28(24-13-7-8-14-29(24)31)25(30)21-9-3-2-4-10-21/h5-8,11-14,21H,2-4,9-10,15-20H2,1H3. The largest absolute Gasteiger partial charge is 0.711 e. The van der Waals surface area contributed by atoms with E-state index in [2.05, 4.69) is 15.9 Å². The first-order valence-electron chi connectivity index (χ1n) is 11.8. The number of pyridine rings is 1. The van der Waals surface area contributed by atoms with Crippen LogP contribution in [0.15, 0.2) is 48.7 Å². The van der Waals surface area contributed by atoms with Crippen molar-refractivity contribution in [1.82, 2.24) is 4.90 Å². The number of rotatable bonds is 7. The van der Waals surface area contributed by atoms with E-state index in [4.69, 9.17) is 4.74 Å². The minimum absolute atomic E-state index is 0.0337. The Balaban J connectivity index is 1.39. The van der Waals surface area contributed by atoms with Gasteiger partial charge in [-0.25, -0.2) is 9.52 Å². The van der Waals surface area contributed by atoms with Crippen molar-refractivity contribution in [3.8, 4) is 5.75 Å². The number of hydrogen-bond donors (Lipinski definition) is 0. The van der Waals surface area contributed by atoms with Crippen LogP contribution in [0.1, 0.15) is 32.1 Å². The topological polar surface area (TPSA) is 63.0 Å². The van der Waals surface area contributed by atoms with Crippen LogP contribution in [0, 0.1) is 11.1 Å². The average molecular weight is 439 g/mol. The fourth-order valence-corrected chi connectivity index (χ4v) is 4.88. The molecule has 0 radical (unpaired) electrons. The number of carbonyl (C=O) groups is 1. The van der Waals surface area contributed by atoms with Crippen LogP contribution < -0.4 is 19.3 Å². The summed E-state index contributed by atoms with van der Waals surface area (Å²) in [6.07, 6.45) is 6.73. The summed E-state index contributed by atoms with van der Waals surface area (Å²) < 4.78 is 6.34. The quantitative estimate of drug-likeness (QED) is 0.491. The van der Waals surface area contributed by atoms with Crippen molar-refractivity contribution in [1.29, 1.82) is 0 Å². The number of amides is 1. The van der Waals surface area contributed by atoms with E-state index in [0.29, 0.717) is 12.4 Å². The Kier molecular flexibility index (Phi) is 7.47. The maximum absolute atomic E-state index is 13.4. The molecule has 7 heteroatoms. The fourth-order valence-electron chi connectivity index (χ4n) is 4.88. The van der Waals surface area contributed by atoms with Crippen molar-refractivity contribution in [2.24, 2.45) is 5.92 Å². The highest BCUT2D eigenvalue weighted by Gasteiger charge is 2.34. The molecule has 0 unspecified atom stereocenters. The van der Waals surface area contributed by atoms with E-state index in [0.717, 1.165) is 74.6 Å². The molecule has 2 aromatic rings. The van der Waals surface area contributed by atoms with Crippen LogP contribution in [-0.4, -0.2) is 57.2 Å². The number of benzene rings is 1. The van der Waals surface area contributed by atoms with E-state index in [-0.39, 0.29) is 11.8 Å². The zero-order valence-electron chi connectivity index (χ0n) is 19.0. The lowest BCUT2D eigenvalue weighted by molar-refractivity contribution is -0.591. The molecule has 1 aromatic heterocycles. The lowest BCUT2D eigenvalue weighted by Gasteiger charge is -2.37. The van der Waals surface area contributed by atoms with Crippen LogP contribution in [0.5, 0.6) is 5.75 Å². The van der Waals surface area contributed by atoms with E-state index < -0.39 is 0 Å². The molecule has 0 bridgehead atoms. The lowest BCUT2D eigenvalue weighted by atomic mass is 9.88. The van der Waals surface area contributed by atoms with Crippen LogP contribution >= 0.6 is 0 Å². The van der Waals surface area contributed by atoms with Gasteiger partial charge in [-0.2, -0.15) is 4.90 Å². The molecule has 1 aliphatic heterocycles. The molecule has 1 aliphatic carbocycles. The summed E-state index contributed by atoms with van der Waals surface area (Å²) in [6.45, 7) is 4.93. The molecule has 4 rings (SSSR count). The van der Waals surface area contributed by atoms with Crippen molar-refractivity contribution < 1.29 is 14.3 Å². The second-order valence-corrected chi connectivity index (χ2v) is 8.71. The van der Waals surface area contributed by atoms with E-state index >= 15 is 0 Å². The molecule has 0 atom stereocenters. The molecule has 1 aromatic carbocycles. The first-order chi connectivity index (χ1) is 15.7. The second-order valence-electron chi connectivity index (χ2n) is 8.71. The maximum Gasteiger partial charge on any atom is 0.312 e. The second kappa shape index (κ2) is 10.7. The number of carbonyl (C=O) groups excluding carboxylic acids is 1. The highest BCUT2D eigenvalue weighted by molar-refractivity contribution is 5.93. The first kappa shape index (κ1) is 22.4. The van der Waals surface area contributed by atoms with Crippen molar-refractivity contribution >= 4 is 17.4 Å². The van der Waals surface area contributed by atoms with Gasteiger partial charge >= 0.3 is 5.91 Å². The Morgan fingerprint density at radius 3 is 2.50 bits per heavy atom. The Bertz CT molecular complexity index is 892. The predicted octanol–water partition coefficient (Wildman–Crippen LogP) is 3.06. The van der Waals surface area contributed by atoms with Crippen LogP contribution in [0.2, 0.25) is 0 Å². The number of ether oxygens (including phenoxy) is 1. The Labute approximate surface area is 190 Å². The van der Waals surface area contributed by atoms with Gasteiger partial charge in [-0.3, -0.25) is 4.90 Å². The molecule has 7 nitrogen and oxygen atoms in total. The van der Waals surface area contributed by atoms with Gasteiger partial charge in [-0.15, -0.1) is 0 Å². The summed E-state index contributed by atoms with van der Waals surface area (Å²) in [5.74, 6) is 1.48. The number of aromatic nitrogens is 1. The fraction of sp³-hybridized carbons (Fsp3) is 0.520. The Morgan fingerprint density at radius 2 is 1.78 bits per heavy atom. The van der Waals surface area contributed by atoms with E-state index in [1.54, 1.807) is 24.1 Å². The Morgan fingerprint density at radius 1 is 1.06 bits per heavy atom. The van der Waals surface area contributed by atoms with Gasteiger partial charge in [-0.05, 0) is 31.0 Å². The zero-order chi connectivity index (χ0) is 22.3. The molecule has 172 valence electrons. The SMILES string of the molecule is COc1ccccc1N1CCN(CCN(C(=O)C2CCCCC2)c2cccc[n+]2[O-])CC1. The molecular weight excluding hydrogens is 404 g/mol. The summed E-state index contributed by atoms with van der Waals surface area (Å²) in [6, 6.07) is 13.4. The molecule has 0 N–H and O–H groups in total. The van der Waals surface area contributed by atoms with E-state index in [1.807, 2.05) is 24.3 Å². The number of nitrogens with zero attached hydrogens (tertiary/aromatic N) is 4. The monoisotopic (exact) mass is 438 g/mol. The number of hydrogen-bond acceptors (Lipinski definition) is 5. The van der Waals surface area contributed by atoms with Crippen molar-refractivity contribution in [2.75, 3.05) is 56.2 Å². The summed E-state index contributed by atoms with van der Waals surface area (Å²) >= 11 is 0. The minimum atomic E-state index is 0.0337. The van der Waals surface area contributed by atoms with Crippen molar-refractivity contribution in [3.63, 3.8) is 0 Å². The molecule has 2 aliphatic rings. The van der Waals surface area contributed by atoms with Gasteiger partial charge in [0.15, 0.2) is 0 Å². The van der Waals surface area contributed by atoms with Gasteiger partial charge < -0.3 is 14.8 Å². The highest BCUT2D eigenvalue weighted by atomic mass is 16.5. The van der Waals surface area contributed by atoms with Crippen LogP contribution in [0.25, 0.3) is 0 Å². The number of methoxy groups -OCH3 is 1. The molecule has 0 spiro atoms. The van der Waals surface area contributed by atoms with Gasteiger partial charge in [0.2, 0.25) is 0 Å². The number of piperazine rings is 1. The highest BCUT2D eigenvalue weighted by Crippen LogP contribution is 2.29. The molecule has 2 heterocycles. The lowest BCUT2D eigenvalue weighted by Crippen LogP contribution is -2.51. The smallest absolute Gasteiger partial charge is 0.312 e. The van der Waals surface area contributed by atoms with E-state index in [9.17, 15) is 10.0 Å². The van der Waals surface area contributed by atoms with Gasteiger partial charge in [0.25, 0.3) is 5.82 Å². The number of anilines is 2. The third kappa shape index (κ3) is 5.15. The molecule has 32 heavy (non-hydrogen) atoms. The summed E-state index contributed by atoms with van der Waals surface area (Å²) in [7, 11) is 1.71. The zero-order valence-corrected chi connectivity index (χ0v) is 19.0. The van der Waals surface area contributed by atoms with Crippen LogP contribution in [-0.2, 0) is 4.79 Å². The molecule has 2 fully saturated rings. The average Bonchev–Trinajstić information content (AvgIpc) is 2.86. The molecule has 1 saturated heterocycles. The van der Waals surface area contributed by atoms with Crippen molar-refractivity contribution in [2.45, 2.75) is 32.1 Å².